The maximum absolute atomic E-state index is 12.9. The molecule has 45 atom stereocenters. The molecule has 29 N–H and O–H groups in total. The van der Waals surface area contributed by atoms with Crippen molar-refractivity contribution in [3.05, 3.63) is 0 Å². The number of carbonyl (C=O) groups excluding carboxylic acids is 2. The highest BCUT2D eigenvalue weighted by molar-refractivity contribution is 5.73. The van der Waals surface area contributed by atoms with Crippen molar-refractivity contribution in [2.75, 3.05) is 59.5 Å². The highest BCUT2D eigenvalue weighted by Crippen LogP contribution is 2.40. The molecule has 0 saturated carbocycles. The average Bonchev–Trinajstić information content (AvgIpc) is 0.754. The van der Waals surface area contributed by atoms with Gasteiger partial charge < -0.3 is 229 Å². The van der Waals surface area contributed by atoms with Gasteiger partial charge in [0, 0.05) is 13.8 Å². The summed E-state index contributed by atoms with van der Waals surface area (Å²) in [5.74, 6) is -1.72. The second-order valence-corrected chi connectivity index (χ2v) is 26.7. The molecule has 0 bridgehead atoms. The van der Waals surface area contributed by atoms with Crippen molar-refractivity contribution in [1.29, 1.82) is 0 Å². The van der Waals surface area contributed by atoms with Gasteiger partial charge in [-0.2, -0.15) is 0 Å². The number of hydrogen-bond donors (Lipinski definition) is 29. The topological polar surface area (TPSA) is 761 Å². The van der Waals surface area contributed by atoms with Crippen molar-refractivity contribution in [3.63, 3.8) is 0 Å². The Kier molecular flexibility index (Phi) is 31.1. The summed E-state index contributed by atoms with van der Waals surface area (Å²) in [7, 11) is 0. The maximum atomic E-state index is 12.9. The lowest BCUT2D eigenvalue weighted by atomic mass is 9.94. The average molecular weight is 1560 g/mol. The molecule has 48 heteroatoms. The van der Waals surface area contributed by atoms with E-state index in [0.29, 0.717) is 0 Å². The van der Waals surface area contributed by atoms with Crippen molar-refractivity contribution >= 4 is 11.8 Å². The first-order chi connectivity index (χ1) is 50.2. The number of amides is 2. The minimum atomic E-state index is -2.56. The van der Waals surface area contributed by atoms with Crippen LogP contribution in [0.4, 0.5) is 0 Å². The van der Waals surface area contributed by atoms with E-state index in [1.807, 2.05) is 0 Å². The van der Waals surface area contributed by atoms with Crippen molar-refractivity contribution in [1.82, 2.24) is 10.6 Å². The predicted molar refractivity (Wildman–Crippen MR) is 320 cm³/mol. The summed E-state index contributed by atoms with van der Waals surface area (Å²) >= 11 is 0. The number of rotatable bonds is 27. The van der Waals surface area contributed by atoms with Gasteiger partial charge in [0.25, 0.3) is 0 Å². The molecule has 0 spiro atoms. The van der Waals surface area contributed by atoms with Gasteiger partial charge in [0.2, 0.25) is 11.8 Å². The summed E-state index contributed by atoms with van der Waals surface area (Å²) in [5.41, 5.74) is 0. The number of hydrogen-bond acceptors (Lipinski definition) is 46. The molecule has 9 aliphatic rings. The van der Waals surface area contributed by atoms with Gasteiger partial charge in [-0.3, -0.25) is 9.59 Å². The van der Waals surface area contributed by atoms with E-state index in [1.54, 1.807) is 0 Å². The molecule has 0 aromatic carbocycles. The van der Waals surface area contributed by atoms with E-state index in [4.69, 9.17) is 80.5 Å². The molecular weight excluding hydrogens is 1460 g/mol. The fourth-order valence-electron chi connectivity index (χ4n) is 13.6. The Balaban J connectivity index is 1.04. The van der Waals surface area contributed by atoms with Crippen LogP contribution in [0.25, 0.3) is 0 Å². The number of aliphatic hydroxyl groups is 27. The molecule has 616 valence electrons. The highest BCUT2D eigenvalue weighted by atomic mass is 16.8. The molecule has 48 nitrogen and oxygen atoms in total. The van der Waals surface area contributed by atoms with E-state index in [1.165, 1.54) is 0 Å². The van der Waals surface area contributed by atoms with E-state index >= 15 is 0 Å². The Bertz CT molecular complexity index is 2710. The quantitative estimate of drug-likeness (QED) is 0.0363. The van der Waals surface area contributed by atoms with Crippen LogP contribution in [0.5, 0.6) is 0 Å². The number of ether oxygens (including phenoxy) is 17. The Morgan fingerprint density at radius 2 is 0.509 bits per heavy atom. The summed E-state index contributed by atoms with van der Waals surface area (Å²) in [6.45, 7) is -7.92. The fourth-order valence-corrected chi connectivity index (χ4v) is 13.6. The van der Waals surface area contributed by atoms with E-state index in [9.17, 15) is 147 Å². The maximum Gasteiger partial charge on any atom is 0.217 e. The summed E-state index contributed by atoms with van der Waals surface area (Å²) in [6.07, 6.45) is -90.9. The van der Waals surface area contributed by atoms with Crippen LogP contribution in [0.1, 0.15) is 13.8 Å². The fraction of sp³-hybridized carbons (Fsp3) is 0.966. The molecule has 0 aromatic heterocycles. The Hall–Kier alpha value is -2.82. The van der Waals surface area contributed by atoms with Gasteiger partial charge in [0.15, 0.2) is 56.6 Å². The van der Waals surface area contributed by atoms with Crippen LogP contribution >= 0.6 is 0 Å². The monoisotopic (exact) mass is 1560 g/mol. The van der Waals surface area contributed by atoms with Crippen molar-refractivity contribution in [2.45, 2.75) is 290 Å². The lowest BCUT2D eigenvalue weighted by Crippen LogP contribution is -2.70. The third kappa shape index (κ3) is 18.5. The predicted octanol–water partition coefficient (Wildman–Crippen LogP) is -20.3. The van der Waals surface area contributed by atoms with Gasteiger partial charge in [-0.1, -0.05) is 0 Å². The van der Waals surface area contributed by atoms with E-state index in [0.717, 1.165) is 13.8 Å². The second kappa shape index (κ2) is 37.9. The Labute approximate surface area is 598 Å². The molecule has 106 heavy (non-hydrogen) atoms. The van der Waals surface area contributed by atoms with Crippen molar-refractivity contribution in [2.24, 2.45) is 0 Å². The number of nitrogens with one attached hydrogen (secondary N) is 2. The Morgan fingerprint density at radius 1 is 0.245 bits per heavy atom. The summed E-state index contributed by atoms with van der Waals surface area (Å²) in [4.78, 5) is 25.0. The van der Waals surface area contributed by atoms with E-state index < -0.39 is 348 Å². The SMILES string of the molecule is CC(=O)N[C@H]1[C@H](O[C@H]2[C@H](O)[C@@H](NC(C)=O)C(O)O[C@@H]2CO)O[C@H](CO)[C@@H](O[C@@H]2O[C@H](CO[C@H]3O[C@H](CO)[C@@H](O)[C@H](O)[C@@H]3O[C@H]3O[C@H](CO)[C@@H](O)[C@H](O)[C@@H]3O[C@H]3O[C@H](CO)[C@@H](O)[C@H](O)[C@@H]3O)[C@@H](O)[C@H](O[C@H]3O[C@H](CO)[C@@H](O)[C@H](O[C@H]4O[C@H](CO)[C@@H](O)[C@H](O)[C@@H]4O[C@H]4O[C@H](CO)[C@@H](O)[C@H](O)[C@@H]4O)[C@@H]3O)[C@@H]2O)[C@@H]1O. The largest absolute Gasteiger partial charge is 0.394 e. The summed E-state index contributed by atoms with van der Waals surface area (Å²) in [6, 6.07) is -3.56. The molecule has 0 aromatic rings. The Morgan fingerprint density at radius 3 is 0.915 bits per heavy atom. The first-order valence-electron chi connectivity index (χ1n) is 33.7. The van der Waals surface area contributed by atoms with Gasteiger partial charge in [-0.05, 0) is 0 Å². The third-order valence-electron chi connectivity index (χ3n) is 19.6. The molecule has 9 fully saturated rings. The lowest BCUT2D eigenvalue weighted by Gasteiger charge is -2.51. The minimum absolute atomic E-state index is 0.784. The van der Waals surface area contributed by atoms with Crippen LogP contribution in [-0.2, 0) is 90.1 Å². The second-order valence-electron chi connectivity index (χ2n) is 26.7. The molecule has 9 heterocycles. The smallest absolute Gasteiger partial charge is 0.217 e. The minimum Gasteiger partial charge on any atom is -0.394 e. The zero-order valence-electron chi connectivity index (χ0n) is 56.2. The van der Waals surface area contributed by atoms with Gasteiger partial charge in [-0.25, -0.2) is 0 Å². The van der Waals surface area contributed by atoms with Crippen LogP contribution in [0.15, 0.2) is 0 Å². The molecule has 9 saturated heterocycles. The van der Waals surface area contributed by atoms with Crippen molar-refractivity contribution in [3.8, 4) is 0 Å². The molecular formula is C58H98N2O46. The third-order valence-corrected chi connectivity index (χ3v) is 19.6. The van der Waals surface area contributed by atoms with Crippen LogP contribution in [-0.4, -0.2) is 485 Å². The molecule has 2 amide bonds. The van der Waals surface area contributed by atoms with Crippen LogP contribution in [0, 0.1) is 0 Å². The zero-order valence-corrected chi connectivity index (χ0v) is 56.2. The van der Waals surface area contributed by atoms with Crippen LogP contribution in [0.2, 0.25) is 0 Å². The molecule has 9 aliphatic heterocycles. The lowest BCUT2D eigenvalue weighted by molar-refractivity contribution is -0.404. The standard InChI is InChI=1S/C58H98N2O46/c1-12(69)59-23-32(78)43(20(9-67)91-50(23)89)100-51-24(60-13(2)70)33(79)44(21(10-68)98-51)101-55-42(88)46(102-54-41(87)45(30(76)19(8-66)94-54)103-57-48(37(83)28(74)17(6-64)96-57)104-52-39(85)34(80)25(71)14(3-61)92-52)31(77)22(99-55)11-90-56-47(36(82)27(73)16(5-63)95-56)106-58-49(38(84)29(75)18(7-65)97-58)105-53-40(86)35(81)26(72)15(4-62)93-53/h14-58,61-68,71-89H,3-11H2,1-2H3,(H,59,69)(H,60,70)/t14-,15-,16-,17-,18-,19-,20-,21-,22-,23-,24-,25-,26-,27-,28-,29-,30-,31-,32-,33-,34+,35+,36+,37+,38+,39+,40+,41+,42+,43-,44-,45+,46+,47+,48+,49+,50?,51+,52-,53-,54-,55+,56+,57-,58-/m1/s1. The normalized spacial score (nSPS) is 51.2. The molecule has 0 aliphatic carbocycles. The first kappa shape index (κ1) is 87.2. The van der Waals surface area contributed by atoms with Crippen LogP contribution in [0.3, 0.4) is 0 Å². The molecule has 0 radical (unpaired) electrons. The van der Waals surface area contributed by atoms with Crippen molar-refractivity contribution < 1.29 is 228 Å². The number of aliphatic hydroxyl groups excluding tert-OH is 27. The highest BCUT2D eigenvalue weighted by Gasteiger charge is 2.61. The molecule has 9 rings (SSSR count). The first-order valence-corrected chi connectivity index (χ1v) is 33.7. The van der Waals surface area contributed by atoms with E-state index in [2.05, 4.69) is 10.6 Å². The van der Waals surface area contributed by atoms with Gasteiger partial charge in [0.1, 0.15) is 220 Å². The van der Waals surface area contributed by atoms with E-state index in [-0.39, 0.29) is 0 Å². The van der Waals surface area contributed by atoms with Crippen LogP contribution < -0.4 is 10.6 Å². The van der Waals surface area contributed by atoms with Gasteiger partial charge >= 0.3 is 0 Å². The number of carbonyl (C=O) groups is 2. The van der Waals surface area contributed by atoms with Gasteiger partial charge in [-0.15, -0.1) is 0 Å². The summed E-state index contributed by atoms with van der Waals surface area (Å²) < 4.78 is 99.0. The summed E-state index contributed by atoms with van der Waals surface area (Å²) in [5, 5.41) is 301. The van der Waals surface area contributed by atoms with Gasteiger partial charge in [0.05, 0.1) is 59.5 Å². The molecule has 1 unspecified atom stereocenters. The zero-order chi connectivity index (χ0) is 77.9.